The number of azo groups is 1. The molecule has 0 aromatic carbocycles. The first-order chi connectivity index (χ1) is 7.43. The van der Waals surface area contributed by atoms with Crippen LogP contribution in [0.2, 0.25) is 0 Å². The molecule has 0 fully saturated rings. The number of rotatable bonds is 8. The van der Waals surface area contributed by atoms with Crippen LogP contribution in [0.5, 0.6) is 0 Å². The third-order valence-corrected chi connectivity index (χ3v) is 2.57. The van der Waals surface area contributed by atoms with E-state index < -0.39 is 0 Å². The van der Waals surface area contributed by atoms with E-state index in [1.165, 1.54) is 0 Å². The number of methoxy groups -OCH3 is 2. The average Bonchev–Trinajstić information content (AvgIpc) is 2.24. The maximum absolute atomic E-state index is 5.48. The third-order valence-electron chi connectivity index (χ3n) is 2.57. The summed E-state index contributed by atoms with van der Waals surface area (Å²) in [6, 6.07) is 0. The Balaban J connectivity index is 4.10. The van der Waals surface area contributed by atoms with Gasteiger partial charge in [-0.2, -0.15) is 10.2 Å². The van der Waals surface area contributed by atoms with Crippen LogP contribution in [0.25, 0.3) is 0 Å². The Morgan fingerprint density at radius 1 is 1.12 bits per heavy atom. The van der Waals surface area contributed by atoms with Crippen LogP contribution >= 0.6 is 0 Å². The Kier molecular flexibility index (Phi) is 7.51. The lowest BCUT2D eigenvalue weighted by Crippen LogP contribution is -2.35. The first kappa shape index (κ1) is 15.5. The molecule has 96 valence electrons. The van der Waals surface area contributed by atoms with Crippen molar-refractivity contribution >= 4 is 0 Å². The van der Waals surface area contributed by atoms with Gasteiger partial charge in [0.05, 0.1) is 24.8 Å². The summed E-state index contributed by atoms with van der Waals surface area (Å²) >= 11 is 0. The quantitative estimate of drug-likeness (QED) is 0.602. The second-order valence-corrected chi connectivity index (χ2v) is 4.92. The van der Waals surface area contributed by atoms with Crippen molar-refractivity contribution in [3.8, 4) is 0 Å². The number of hydrogen-bond acceptors (Lipinski definition) is 4. The molecule has 4 nitrogen and oxygen atoms in total. The van der Waals surface area contributed by atoms with Gasteiger partial charge in [-0.1, -0.05) is 13.8 Å². The molecule has 0 heterocycles. The Morgan fingerprint density at radius 3 is 2.19 bits per heavy atom. The Morgan fingerprint density at radius 2 is 1.75 bits per heavy atom. The highest BCUT2D eigenvalue weighted by Crippen LogP contribution is 2.18. The predicted molar refractivity (Wildman–Crippen MR) is 65.9 cm³/mol. The summed E-state index contributed by atoms with van der Waals surface area (Å²) in [5, 5.41) is 8.33. The van der Waals surface area contributed by atoms with E-state index in [1.54, 1.807) is 14.2 Å². The van der Waals surface area contributed by atoms with E-state index in [1.807, 2.05) is 13.8 Å². The predicted octanol–water partition coefficient (Wildman–Crippen LogP) is 2.92. The second kappa shape index (κ2) is 7.74. The van der Waals surface area contributed by atoms with Crippen molar-refractivity contribution in [2.24, 2.45) is 16.1 Å². The van der Waals surface area contributed by atoms with Crippen LogP contribution in [0.4, 0.5) is 0 Å². The number of ether oxygens (including phenoxy) is 2. The Hall–Kier alpha value is -0.480. The van der Waals surface area contributed by atoms with E-state index in [9.17, 15) is 0 Å². The van der Waals surface area contributed by atoms with Gasteiger partial charge in [-0.3, -0.25) is 0 Å². The minimum atomic E-state index is -0.282. The lowest BCUT2D eigenvalue weighted by molar-refractivity contribution is -0.0331. The lowest BCUT2D eigenvalue weighted by atomic mass is 9.99. The third kappa shape index (κ3) is 6.90. The van der Waals surface area contributed by atoms with E-state index in [2.05, 4.69) is 24.1 Å². The van der Waals surface area contributed by atoms with E-state index in [0.717, 1.165) is 13.0 Å². The molecular weight excluding hydrogens is 204 g/mol. The first-order valence-electron chi connectivity index (χ1n) is 5.84. The molecule has 4 heteroatoms. The van der Waals surface area contributed by atoms with Crippen molar-refractivity contribution in [3.05, 3.63) is 0 Å². The van der Waals surface area contributed by atoms with Gasteiger partial charge in [0, 0.05) is 20.6 Å². The van der Waals surface area contributed by atoms with Crippen LogP contribution in [0.3, 0.4) is 0 Å². The molecule has 0 amide bonds. The first-order valence-corrected chi connectivity index (χ1v) is 5.84. The van der Waals surface area contributed by atoms with Gasteiger partial charge >= 0.3 is 0 Å². The summed E-state index contributed by atoms with van der Waals surface area (Å²) in [5.41, 5.74) is -0.282. The largest absolute Gasteiger partial charge is 0.382 e. The smallest absolute Gasteiger partial charge is 0.0887 e. The van der Waals surface area contributed by atoms with Crippen LogP contribution in [0, 0.1) is 5.92 Å². The molecule has 0 saturated heterocycles. The van der Waals surface area contributed by atoms with E-state index in [0.29, 0.717) is 12.5 Å². The van der Waals surface area contributed by atoms with Gasteiger partial charge in [-0.25, -0.2) is 0 Å². The molecule has 16 heavy (non-hydrogen) atoms. The SMILES string of the molecule is COC(C)CC(C)(CN=NCC(C)C)OC. The standard InChI is InChI=1S/C12H26N2O2/c1-10(2)8-13-14-9-12(4,16-6)7-11(3)15-5/h10-11H,7-9H2,1-6H3. The van der Waals surface area contributed by atoms with Gasteiger partial charge in [0.2, 0.25) is 0 Å². The fourth-order valence-corrected chi connectivity index (χ4v) is 1.32. The van der Waals surface area contributed by atoms with Crippen LogP contribution < -0.4 is 0 Å². The maximum Gasteiger partial charge on any atom is 0.0887 e. The molecule has 0 bridgehead atoms. The topological polar surface area (TPSA) is 43.2 Å². The van der Waals surface area contributed by atoms with Crippen molar-refractivity contribution in [3.63, 3.8) is 0 Å². The van der Waals surface area contributed by atoms with Crippen molar-refractivity contribution in [2.75, 3.05) is 27.3 Å². The molecule has 0 radical (unpaired) electrons. The summed E-state index contributed by atoms with van der Waals surface area (Å²) in [7, 11) is 3.42. The van der Waals surface area contributed by atoms with Crippen molar-refractivity contribution in [2.45, 2.75) is 45.8 Å². The van der Waals surface area contributed by atoms with Gasteiger partial charge in [0.25, 0.3) is 0 Å². The summed E-state index contributed by atoms with van der Waals surface area (Å²) in [5.74, 6) is 0.551. The van der Waals surface area contributed by atoms with Crippen LogP contribution in [-0.2, 0) is 9.47 Å². The summed E-state index contributed by atoms with van der Waals surface area (Å²) in [6.45, 7) is 9.69. The monoisotopic (exact) mass is 230 g/mol. The zero-order valence-electron chi connectivity index (χ0n) is 11.5. The van der Waals surface area contributed by atoms with Gasteiger partial charge in [-0.15, -0.1) is 0 Å². The maximum atomic E-state index is 5.48. The van der Waals surface area contributed by atoms with Crippen molar-refractivity contribution in [1.82, 2.24) is 0 Å². The molecule has 0 aromatic rings. The fourth-order valence-electron chi connectivity index (χ4n) is 1.32. The molecule has 0 aliphatic carbocycles. The zero-order valence-corrected chi connectivity index (χ0v) is 11.5. The number of hydrogen-bond donors (Lipinski definition) is 0. The number of nitrogens with zero attached hydrogens (tertiary/aromatic N) is 2. The summed E-state index contributed by atoms with van der Waals surface area (Å²) < 4.78 is 10.7. The highest BCUT2D eigenvalue weighted by Gasteiger charge is 2.26. The molecule has 0 saturated carbocycles. The zero-order chi connectivity index (χ0) is 12.6. The molecule has 2 unspecified atom stereocenters. The molecule has 0 aliphatic rings. The minimum absolute atomic E-state index is 0.172. The highest BCUT2D eigenvalue weighted by molar-refractivity contribution is 4.79. The van der Waals surface area contributed by atoms with Crippen LogP contribution in [0.15, 0.2) is 10.2 Å². The van der Waals surface area contributed by atoms with Crippen molar-refractivity contribution < 1.29 is 9.47 Å². The van der Waals surface area contributed by atoms with Crippen LogP contribution in [0.1, 0.15) is 34.1 Å². The summed E-state index contributed by atoms with van der Waals surface area (Å²) in [4.78, 5) is 0. The van der Waals surface area contributed by atoms with Gasteiger partial charge in [-0.05, 0) is 19.8 Å². The van der Waals surface area contributed by atoms with Crippen molar-refractivity contribution in [1.29, 1.82) is 0 Å². The van der Waals surface area contributed by atoms with Gasteiger partial charge in [0.15, 0.2) is 0 Å². The lowest BCUT2D eigenvalue weighted by Gasteiger charge is -2.28. The van der Waals surface area contributed by atoms with E-state index >= 15 is 0 Å². The summed E-state index contributed by atoms with van der Waals surface area (Å²) in [6.07, 6.45) is 0.992. The Labute approximate surface area is 99.4 Å². The normalized spacial score (nSPS) is 17.9. The Bertz CT molecular complexity index is 207. The average molecular weight is 230 g/mol. The van der Waals surface area contributed by atoms with Gasteiger partial charge < -0.3 is 9.47 Å². The molecule has 0 rings (SSSR count). The minimum Gasteiger partial charge on any atom is -0.382 e. The van der Waals surface area contributed by atoms with Gasteiger partial charge in [0.1, 0.15) is 0 Å². The molecular formula is C12H26N2O2. The molecule has 0 aliphatic heterocycles. The molecule has 2 atom stereocenters. The van der Waals surface area contributed by atoms with E-state index in [-0.39, 0.29) is 11.7 Å². The van der Waals surface area contributed by atoms with Crippen LogP contribution in [-0.4, -0.2) is 39.0 Å². The van der Waals surface area contributed by atoms with E-state index in [4.69, 9.17) is 9.47 Å². The fraction of sp³-hybridized carbons (Fsp3) is 1.00. The second-order valence-electron chi connectivity index (χ2n) is 4.92. The molecule has 0 spiro atoms. The molecule has 0 N–H and O–H groups in total. The highest BCUT2D eigenvalue weighted by atomic mass is 16.5. The molecule has 0 aromatic heterocycles.